The van der Waals surface area contributed by atoms with Gasteiger partial charge in [0.1, 0.15) is 17.1 Å². The van der Waals surface area contributed by atoms with Gasteiger partial charge >= 0.3 is 0 Å². The fourth-order valence-corrected chi connectivity index (χ4v) is 1.37. The second-order valence-electron chi connectivity index (χ2n) is 4.44. The van der Waals surface area contributed by atoms with Gasteiger partial charge in [0.2, 0.25) is 0 Å². The molecule has 6 nitrogen and oxygen atoms in total. The minimum absolute atomic E-state index is 0.0537. The summed E-state index contributed by atoms with van der Waals surface area (Å²) in [6.07, 6.45) is 0. The summed E-state index contributed by atoms with van der Waals surface area (Å²) < 4.78 is 10.1. The third-order valence-electron chi connectivity index (χ3n) is 2.58. The molecule has 19 heavy (non-hydrogen) atoms. The second kappa shape index (κ2) is 6.40. The lowest BCUT2D eigenvalue weighted by Gasteiger charge is -2.20. The number of hydrogen-bond acceptors (Lipinski definition) is 5. The lowest BCUT2D eigenvalue weighted by Crippen LogP contribution is -2.43. The molecular weight excluding hydrogens is 250 g/mol. The predicted octanol–water partition coefficient (Wildman–Crippen LogP) is 0.177. The van der Waals surface area contributed by atoms with Crippen molar-refractivity contribution in [2.24, 2.45) is 0 Å². The summed E-state index contributed by atoms with van der Waals surface area (Å²) in [5.74, 6) is 0.614. The number of aliphatic hydroxyl groups excluding tert-OH is 1. The maximum atomic E-state index is 11.9. The van der Waals surface area contributed by atoms with Gasteiger partial charge in [-0.05, 0) is 19.1 Å². The Bertz CT molecular complexity index is 422. The average molecular weight is 269 g/mol. The van der Waals surface area contributed by atoms with Crippen LogP contribution in [0, 0.1) is 0 Å². The molecular formula is C13H19NO5. The molecule has 0 bridgehead atoms. The van der Waals surface area contributed by atoms with Crippen molar-refractivity contribution in [3.05, 3.63) is 23.8 Å². The molecule has 1 aromatic rings. The summed E-state index contributed by atoms with van der Waals surface area (Å²) in [6, 6.07) is 4.78. The van der Waals surface area contributed by atoms with Crippen LogP contribution in [0.3, 0.4) is 0 Å². The van der Waals surface area contributed by atoms with Crippen LogP contribution in [-0.2, 0) is 0 Å². The molecule has 0 aromatic heterocycles. The largest absolute Gasteiger partial charge is 0.497 e. The lowest BCUT2D eigenvalue weighted by atomic mass is 10.1. The Morgan fingerprint density at radius 3 is 2.21 bits per heavy atom. The molecule has 0 fully saturated rings. The van der Waals surface area contributed by atoms with Gasteiger partial charge in [0.15, 0.2) is 0 Å². The van der Waals surface area contributed by atoms with Gasteiger partial charge in [-0.15, -0.1) is 0 Å². The van der Waals surface area contributed by atoms with E-state index in [-0.39, 0.29) is 12.5 Å². The van der Waals surface area contributed by atoms with Gasteiger partial charge in [0.25, 0.3) is 5.91 Å². The smallest absolute Gasteiger partial charge is 0.251 e. The van der Waals surface area contributed by atoms with E-state index in [2.05, 4.69) is 5.32 Å². The monoisotopic (exact) mass is 269 g/mol. The Kier molecular flexibility index (Phi) is 5.14. The standard InChI is InChI=1S/C13H19NO5/c1-13(17,8-15)7-14-12(16)9-4-10(18-2)6-11(5-9)19-3/h4-6,15,17H,7-8H2,1-3H3,(H,14,16). The Morgan fingerprint density at radius 2 is 1.79 bits per heavy atom. The molecule has 1 unspecified atom stereocenters. The molecule has 1 amide bonds. The van der Waals surface area contributed by atoms with Crippen molar-refractivity contribution in [2.75, 3.05) is 27.4 Å². The van der Waals surface area contributed by atoms with Crippen molar-refractivity contribution < 1.29 is 24.5 Å². The Morgan fingerprint density at radius 1 is 1.26 bits per heavy atom. The highest BCUT2D eigenvalue weighted by molar-refractivity contribution is 5.95. The first kappa shape index (κ1) is 15.3. The lowest BCUT2D eigenvalue weighted by molar-refractivity contribution is 0.00320. The molecule has 0 heterocycles. The third-order valence-corrected chi connectivity index (χ3v) is 2.58. The van der Waals surface area contributed by atoms with Crippen LogP contribution in [0.15, 0.2) is 18.2 Å². The van der Waals surface area contributed by atoms with Gasteiger partial charge in [-0.3, -0.25) is 4.79 Å². The van der Waals surface area contributed by atoms with Crippen molar-refractivity contribution in [1.82, 2.24) is 5.32 Å². The number of carbonyl (C=O) groups is 1. The van der Waals surface area contributed by atoms with E-state index in [1.54, 1.807) is 18.2 Å². The van der Waals surface area contributed by atoms with Crippen LogP contribution >= 0.6 is 0 Å². The Balaban J connectivity index is 2.81. The molecule has 1 rings (SSSR count). The molecule has 0 aliphatic carbocycles. The number of aliphatic hydroxyl groups is 2. The minimum atomic E-state index is -1.35. The van der Waals surface area contributed by atoms with Crippen molar-refractivity contribution in [3.63, 3.8) is 0 Å². The zero-order valence-electron chi connectivity index (χ0n) is 11.3. The van der Waals surface area contributed by atoms with Crippen molar-refractivity contribution in [1.29, 1.82) is 0 Å². The van der Waals surface area contributed by atoms with Gasteiger partial charge in [-0.2, -0.15) is 0 Å². The van der Waals surface area contributed by atoms with Gasteiger partial charge in [0, 0.05) is 18.2 Å². The maximum Gasteiger partial charge on any atom is 0.251 e. The molecule has 3 N–H and O–H groups in total. The number of benzene rings is 1. The fourth-order valence-electron chi connectivity index (χ4n) is 1.37. The van der Waals surface area contributed by atoms with E-state index in [9.17, 15) is 9.90 Å². The van der Waals surface area contributed by atoms with E-state index in [0.717, 1.165) is 0 Å². The number of rotatable bonds is 6. The first-order valence-electron chi connectivity index (χ1n) is 5.76. The minimum Gasteiger partial charge on any atom is -0.497 e. The van der Waals surface area contributed by atoms with E-state index in [0.29, 0.717) is 17.1 Å². The normalized spacial score (nSPS) is 13.5. The number of nitrogens with one attached hydrogen (secondary N) is 1. The zero-order chi connectivity index (χ0) is 14.5. The van der Waals surface area contributed by atoms with Crippen molar-refractivity contribution in [2.45, 2.75) is 12.5 Å². The second-order valence-corrected chi connectivity index (χ2v) is 4.44. The first-order valence-corrected chi connectivity index (χ1v) is 5.76. The van der Waals surface area contributed by atoms with E-state index in [1.165, 1.54) is 21.1 Å². The Hall–Kier alpha value is -1.79. The summed E-state index contributed by atoms with van der Waals surface area (Å²) in [4.78, 5) is 11.9. The number of amides is 1. The molecule has 6 heteroatoms. The van der Waals surface area contributed by atoms with E-state index in [4.69, 9.17) is 14.6 Å². The average Bonchev–Trinajstić information content (AvgIpc) is 2.44. The van der Waals surface area contributed by atoms with Crippen LogP contribution in [0.25, 0.3) is 0 Å². The number of methoxy groups -OCH3 is 2. The van der Waals surface area contributed by atoms with Crippen LogP contribution in [0.5, 0.6) is 11.5 Å². The van der Waals surface area contributed by atoms with Crippen LogP contribution < -0.4 is 14.8 Å². The number of hydrogen-bond donors (Lipinski definition) is 3. The summed E-state index contributed by atoms with van der Waals surface area (Å²) in [7, 11) is 2.99. The first-order chi connectivity index (χ1) is 8.91. The van der Waals surface area contributed by atoms with Gasteiger partial charge in [-0.1, -0.05) is 0 Å². The van der Waals surface area contributed by atoms with E-state index in [1.807, 2.05) is 0 Å². The fraction of sp³-hybridized carbons (Fsp3) is 0.462. The molecule has 0 radical (unpaired) electrons. The van der Waals surface area contributed by atoms with E-state index < -0.39 is 12.2 Å². The molecule has 0 aliphatic heterocycles. The topological polar surface area (TPSA) is 88.0 Å². The molecule has 0 saturated carbocycles. The molecule has 1 aromatic carbocycles. The molecule has 0 spiro atoms. The highest BCUT2D eigenvalue weighted by atomic mass is 16.5. The summed E-state index contributed by atoms with van der Waals surface area (Å²) >= 11 is 0. The van der Waals surface area contributed by atoms with Gasteiger partial charge < -0.3 is 25.0 Å². The molecule has 0 saturated heterocycles. The zero-order valence-corrected chi connectivity index (χ0v) is 11.3. The predicted molar refractivity (Wildman–Crippen MR) is 69.6 cm³/mol. The van der Waals surface area contributed by atoms with E-state index >= 15 is 0 Å². The van der Waals surface area contributed by atoms with Crippen LogP contribution in [0.1, 0.15) is 17.3 Å². The molecule has 106 valence electrons. The number of ether oxygens (including phenoxy) is 2. The van der Waals surface area contributed by atoms with Crippen molar-refractivity contribution >= 4 is 5.91 Å². The maximum absolute atomic E-state index is 11.9. The number of carbonyl (C=O) groups excluding carboxylic acids is 1. The van der Waals surface area contributed by atoms with Gasteiger partial charge in [0.05, 0.1) is 20.8 Å². The SMILES string of the molecule is COc1cc(OC)cc(C(=O)NCC(C)(O)CO)c1. The third kappa shape index (κ3) is 4.42. The van der Waals surface area contributed by atoms with Gasteiger partial charge in [-0.25, -0.2) is 0 Å². The van der Waals surface area contributed by atoms with Crippen molar-refractivity contribution in [3.8, 4) is 11.5 Å². The highest BCUT2D eigenvalue weighted by Gasteiger charge is 2.20. The highest BCUT2D eigenvalue weighted by Crippen LogP contribution is 2.22. The summed E-state index contributed by atoms with van der Waals surface area (Å²) in [5, 5.41) is 21.0. The molecule has 0 aliphatic rings. The Labute approximate surface area is 112 Å². The quantitative estimate of drug-likeness (QED) is 0.685. The summed E-state index contributed by atoms with van der Waals surface area (Å²) in [5.41, 5.74) is -0.997. The molecule has 1 atom stereocenters. The van der Waals surface area contributed by atoms with Crippen LogP contribution in [-0.4, -0.2) is 49.1 Å². The van der Waals surface area contributed by atoms with Crippen LogP contribution in [0.2, 0.25) is 0 Å². The summed E-state index contributed by atoms with van der Waals surface area (Å²) in [6.45, 7) is 0.940. The van der Waals surface area contributed by atoms with Crippen LogP contribution in [0.4, 0.5) is 0 Å².